The number of phenolic OH excluding ortho intramolecular Hbond substituents is 1. The van der Waals surface area contributed by atoms with Crippen molar-refractivity contribution in [3.63, 3.8) is 0 Å². The van der Waals surface area contributed by atoms with Crippen molar-refractivity contribution in [2.45, 2.75) is 77.6 Å². The highest BCUT2D eigenvalue weighted by atomic mass is 16.6. The second kappa shape index (κ2) is 11.6. The minimum Gasteiger partial charge on any atom is -0.508 e. The number of amides is 3. The Balaban J connectivity index is 2.01. The molecule has 1 fully saturated rings. The number of para-hydroxylation sites is 1. The fraction of sp³-hybridized carbons (Fsp3) is 0.464. The molecule has 200 valence electrons. The SMILES string of the molecule is Cc1cc(C(C(=O)Nc2ccccc2C)N(C(=O)C(CO)NC(=O)OC(C)(C)C)C2CCC2)ccc1O. The number of carbonyl (C=O) groups is 3. The number of nitrogens with one attached hydrogen (secondary N) is 2. The quantitative estimate of drug-likeness (QED) is 0.425. The fourth-order valence-electron chi connectivity index (χ4n) is 4.20. The van der Waals surface area contributed by atoms with E-state index < -0.39 is 42.2 Å². The first kappa shape index (κ1) is 28.0. The molecular formula is C28H37N3O6. The Morgan fingerprint density at radius 1 is 1.08 bits per heavy atom. The van der Waals surface area contributed by atoms with Crippen molar-refractivity contribution >= 4 is 23.6 Å². The lowest BCUT2D eigenvalue weighted by atomic mass is 9.87. The van der Waals surface area contributed by atoms with Gasteiger partial charge < -0.3 is 30.5 Å². The zero-order valence-corrected chi connectivity index (χ0v) is 22.1. The summed E-state index contributed by atoms with van der Waals surface area (Å²) in [5.41, 5.74) is 1.74. The van der Waals surface area contributed by atoms with Crippen molar-refractivity contribution in [3.05, 3.63) is 59.2 Å². The van der Waals surface area contributed by atoms with Gasteiger partial charge >= 0.3 is 6.09 Å². The largest absolute Gasteiger partial charge is 0.508 e. The second-order valence-electron chi connectivity index (χ2n) is 10.5. The molecule has 0 aromatic heterocycles. The van der Waals surface area contributed by atoms with E-state index in [9.17, 15) is 24.6 Å². The highest BCUT2D eigenvalue weighted by Gasteiger charge is 2.42. The number of anilines is 1. The molecular weight excluding hydrogens is 474 g/mol. The van der Waals surface area contributed by atoms with Gasteiger partial charge in [0.2, 0.25) is 5.91 Å². The van der Waals surface area contributed by atoms with Gasteiger partial charge in [-0.25, -0.2) is 4.79 Å². The van der Waals surface area contributed by atoms with Crippen molar-refractivity contribution in [1.29, 1.82) is 0 Å². The Morgan fingerprint density at radius 3 is 2.30 bits per heavy atom. The molecule has 9 heteroatoms. The van der Waals surface area contributed by atoms with Crippen molar-refractivity contribution < 1.29 is 29.3 Å². The molecule has 37 heavy (non-hydrogen) atoms. The van der Waals surface area contributed by atoms with E-state index >= 15 is 0 Å². The van der Waals surface area contributed by atoms with Crippen LogP contribution < -0.4 is 10.6 Å². The number of hydrogen-bond acceptors (Lipinski definition) is 6. The van der Waals surface area contributed by atoms with Crippen LogP contribution in [0.4, 0.5) is 10.5 Å². The normalized spacial score (nSPS) is 15.2. The highest BCUT2D eigenvalue weighted by molar-refractivity contribution is 5.99. The van der Waals surface area contributed by atoms with Crippen LogP contribution in [0.5, 0.6) is 5.75 Å². The zero-order chi connectivity index (χ0) is 27.3. The van der Waals surface area contributed by atoms with Crippen molar-refractivity contribution in [1.82, 2.24) is 10.2 Å². The lowest BCUT2D eigenvalue weighted by molar-refractivity contribution is -0.146. The van der Waals surface area contributed by atoms with Crippen LogP contribution in [0, 0.1) is 13.8 Å². The number of aliphatic hydroxyl groups is 1. The number of aryl methyl sites for hydroxylation is 2. The first-order valence-corrected chi connectivity index (χ1v) is 12.5. The van der Waals surface area contributed by atoms with Gasteiger partial charge in [-0.15, -0.1) is 0 Å². The van der Waals surface area contributed by atoms with Crippen LogP contribution in [0.15, 0.2) is 42.5 Å². The van der Waals surface area contributed by atoms with Crippen molar-refractivity contribution in [2.24, 2.45) is 0 Å². The first-order valence-electron chi connectivity index (χ1n) is 12.5. The maximum absolute atomic E-state index is 13.9. The lowest BCUT2D eigenvalue weighted by Crippen LogP contribution is -2.58. The summed E-state index contributed by atoms with van der Waals surface area (Å²) in [6.07, 6.45) is 1.41. The predicted octanol–water partition coefficient (Wildman–Crippen LogP) is 3.96. The highest BCUT2D eigenvalue weighted by Crippen LogP contribution is 2.35. The molecule has 2 unspecified atom stereocenters. The Kier molecular flexibility index (Phi) is 8.81. The van der Waals surface area contributed by atoms with Crippen LogP contribution in [0.2, 0.25) is 0 Å². The van der Waals surface area contributed by atoms with E-state index in [2.05, 4.69) is 10.6 Å². The molecule has 1 aliphatic rings. The van der Waals surface area contributed by atoms with Gasteiger partial charge in [-0.05, 0) is 88.8 Å². The summed E-state index contributed by atoms with van der Waals surface area (Å²) < 4.78 is 5.28. The Hall–Kier alpha value is -3.59. The summed E-state index contributed by atoms with van der Waals surface area (Å²) in [4.78, 5) is 41.6. The van der Waals surface area contributed by atoms with Gasteiger partial charge in [0.05, 0.1) is 6.61 Å². The molecule has 0 spiro atoms. The Morgan fingerprint density at radius 2 is 1.76 bits per heavy atom. The number of ether oxygens (including phenoxy) is 1. The van der Waals surface area contributed by atoms with Crippen molar-refractivity contribution in [3.8, 4) is 5.75 Å². The average Bonchev–Trinajstić information content (AvgIpc) is 2.78. The van der Waals surface area contributed by atoms with Gasteiger partial charge in [0.1, 0.15) is 23.4 Å². The number of benzene rings is 2. The van der Waals surface area contributed by atoms with E-state index in [1.165, 1.54) is 11.0 Å². The molecule has 0 heterocycles. The minimum atomic E-state index is -1.30. The van der Waals surface area contributed by atoms with E-state index in [-0.39, 0.29) is 11.8 Å². The van der Waals surface area contributed by atoms with E-state index in [1.807, 2.05) is 25.1 Å². The maximum Gasteiger partial charge on any atom is 0.408 e. The molecule has 4 N–H and O–H groups in total. The number of rotatable bonds is 8. The van der Waals surface area contributed by atoms with Gasteiger partial charge in [-0.3, -0.25) is 9.59 Å². The third-order valence-electron chi connectivity index (χ3n) is 6.36. The molecule has 2 atom stereocenters. The number of alkyl carbamates (subject to hydrolysis) is 1. The number of carbonyl (C=O) groups excluding carboxylic acids is 3. The van der Waals surface area contributed by atoms with Gasteiger partial charge in [0.25, 0.3) is 5.91 Å². The summed E-state index contributed by atoms with van der Waals surface area (Å²) in [5, 5.41) is 25.5. The molecule has 1 aliphatic carbocycles. The minimum absolute atomic E-state index is 0.0724. The number of aromatic hydroxyl groups is 1. The molecule has 0 saturated heterocycles. The predicted molar refractivity (Wildman–Crippen MR) is 140 cm³/mol. The van der Waals surface area contributed by atoms with Crippen LogP contribution in [0.25, 0.3) is 0 Å². The third-order valence-corrected chi connectivity index (χ3v) is 6.36. The summed E-state index contributed by atoms with van der Waals surface area (Å²) in [6.45, 7) is 8.01. The Bertz CT molecular complexity index is 1140. The number of phenols is 1. The average molecular weight is 512 g/mol. The molecule has 2 aromatic carbocycles. The van der Waals surface area contributed by atoms with Crippen LogP contribution in [0.1, 0.15) is 62.8 Å². The van der Waals surface area contributed by atoms with E-state index in [1.54, 1.807) is 45.9 Å². The van der Waals surface area contributed by atoms with Gasteiger partial charge in [0, 0.05) is 11.7 Å². The van der Waals surface area contributed by atoms with Crippen LogP contribution in [-0.2, 0) is 14.3 Å². The standard InChI is InChI=1S/C28H37N3O6/c1-17-9-6-7-12-21(17)29-25(34)24(19-13-14-23(33)18(2)15-19)31(20-10-8-11-20)26(35)22(16-32)30-27(36)37-28(3,4)5/h6-7,9,12-15,20,22,24,32-33H,8,10-11,16H2,1-5H3,(H,29,34)(H,30,36). The summed E-state index contributed by atoms with van der Waals surface area (Å²) in [7, 11) is 0. The topological polar surface area (TPSA) is 128 Å². The smallest absolute Gasteiger partial charge is 0.408 e. The molecule has 1 saturated carbocycles. The molecule has 0 aliphatic heterocycles. The van der Waals surface area contributed by atoms with Gasteiger partial charge in [0.15, 0.2) is 0 Å². The number of nitrogens with zero attached hydrogens (tertiary/aromatic N) is 1. The van der Waals surface area contributed by atoms with Crippen molar-refractivity contribution in [2.75, 3.05) is 11.9 Å². The van der Waals surface area contributed by atoms with Crippen LogP contribution >= 0.6 is 0 Å². The zero-order valence-electron chi connectivity index (χ0n) is 22.1. The number of hydrogen-bond donors (Lipinski definition) is 4. The molecule has 9 nitrogen and oxygen atoms in total. The molecule has 3 amide bonds. The first-order chi connectivity index (χ1) is 17.4. The summed E-state index contributed by atoms with van der Waals surface area (Å²) in [5.74, 6) is -0.953. The molecule has 3 rings (SSSR count). The van der Waals surface area contributed by atoms with E-state index in [0.29, 0.717) is 29.7 Å². The fourth-order valence-corrected chi connectivity index (χ4v) is 4.20. The molecule has 0 radical (unpaired) electrons. The second-order valence-corrected chi connectivity index (χ2v) is 10.5. The molecule has 0 bridgehead atoms. The summed E-state index contributed by atoms with van der Waals surface area (Å²) >= 11 is 0. The van der Waals surface area contributed by atoms with Crippen LogP contribution in [0.3, 0.4) is 0 Å². The van der Waals surface area contributed by atoms with Gasteiger partial charge in [-0.2, -0.15) is 0 Å². The monoisotopic (exact) mass is 511 g/mol. The van der Waals surface area contributed by atoms with E-state index in [0.717, 1.165) is 12.0 Å². The summed E-state index contributed by atoms with van der Waals surface area (Å²) in [6, 6.07) is 9.47. The molecule has 2 aromatic rings. The van der Waals surface area contributed by atoms with Gasteiger partial charge in [-0.1, -0.05) is 24.3 Å². The lowest BCUT2D eigenvalue weighted by Gasteiger charge is -2.43. The van der Waals surface area contributed by atoms with Crippen LogP contribution in [-0.4, -0.2) is 57.3 Å². The third kappa shape index (κ3) is 7.01. The maximum atomic E-state index is 13.9. The van der Waals surface area contributed by atoms with E-state index in [4.69, 9.17) is 4.74 Å². The number of aliphatic hydroxyl groups excluding tert-OH is 1. The Labute approximate surface area is 217 Å².